The third-order valence-electron chi connectivity index (χ3n) is 8.84. The number of nitrogens with zero attached hydrogens (tertiary/aromatic N) is 1. The molecule has 0 unspecified atom stereocenters. The van der Waals surface area contributed by atoms with Crippen molar-refractivity contribution in [2.75, 3.05) is 0 Å². The Morgan fingerprint density at radius 2 is 1.09 bits per heavy atom. The lowest BCUT2D eigenvalue weighted by Gasteiger charge is -2.10. The van der Waals surface area contributed by atoms with Crippen LogP contribution in [0.4, 0.5) is 0 Å². The molecule has 0 spiro atoms. The molecule has 0 bridgehead atoms. The van der Waals surface area contributed by atoms with Crippen molar-refractivity contribution in [2.45, 2.75) is 6.42 Å². The first-order valence-corrected chi connectivity index (χ1v) is 14.8. The lowest BCUT2D eigenvalue weighted by molar-refractivity contribution is 0.668. The van der Waals surface area contributed by atoms with Gasteiger partial charge in [-0.3, -0.25) is 0 Å². The summed E-state index contributed by atoms with van der Waals surface area (Å²) < 4.78 is 8.67. The molecule has 9 rings (SSSR count). The van der Waals surface area contributed by atoms with E-state index in [1.807, 2.05) is 6.07 Å². The molecule has 0 fully saturated rings. The Morgan fingerprint density at radius 3 is 1.93 bits per heavy atom. The molecule has 0 N–H and O–H groups in total. The van der Waals surface area contributed by atoms with Gasteiger partial charge in [-0.25, -0.2) is 0 Å². The third kappa shape index (κ3) is 3.80. The van der Waals surface area contributed by atoms with Crippen LogP contribution in [0.3, 0.4) is 0 Å². The van der Waals surface area contributed by atoms with E-state index in [4.69, 9.17) is 4.42 Å². The fraction of sp³-hybridized carbons (Fsp3) is 0.0244. The van der Waals surface area contributed by atoms with E-state index in [9.17, 15) is 0 Å². The van der Waals surface area contributed by atoms with Crippen LogP contribution in [0.5, 0.6) is 0 Å². The second-order valence-corrected chi connectivity index (χ2v) is 11.3. The van der Waals surface area contributed by atoms with Gasteiger partial charge in [-0.1, -0.05) is 109 Å². The zero-order valence-electron chi connectivity index (χ0n) is 23.5. The number of hydrogen-bond donors (Lipinski definition) is 0. The van der Waals surface area contributed by atoms with Crippen molar-refractivity contribution in [1.29, 1.82) is 0 Å². The molecule has 9 aromatic rings. The maximum Gasteiger partial charge on any atom is 0.136 e. The summed E-state index contributed by atoms with van der Waals surface area (Å²) in [5.74, 6) is 0. The molecule has 0 atom stereocenters. The minimum absolute atomic E-state index is 0.845. The van der Waals surface area contributed by atoms with Crippen LogP contribution in [0.2, 0.25) is 0 Å². The molecule has 43 heavy (non-hydrogen) atoms. The number of hydrogen-bond acceptors (Lipinski definition) is 1. The van der Waals surface area contributed by atoms with Gasteiger partial charge in [-0.15, -0.1) is 0 Å². The van der Waals surface area contributed by atoms with Crippen molar-refractivity contribution in [2.24, 2.45) is 0 Å². The molecule has 0 aliphatic heterocycles. The number of rotatable bonds is 4. The van der Waals surface area contributed by atoms with Gasteiger partial charge in [0.05, 0.1) is 11.0 Å². The Labute approximate surface area is 249 Å². The number of para-hydroxylation sites is 3. The molecule has 2 aromatic heterocycles. The van der Waals surface area contributed by atoms with Crippen molar-refractivity contribution in [3.8, 4) is 16.8 Å². The average Bonchev–Trinajstić information content (AvgIpc) is 3.61. The van der Waals surface area contributed by atoms with Crippen LogP contribution in [-0.2, 0) is 6.42 Å². The van der Waals surface area contributed by atoms with Crippen molar-refractivity contribution >= 4 is 54.5 Å². The quantitative estimate of drug-likeness (QED) is 0.213. The van der Waals surface area contributed by atoms with Crippen molar-refractivity contribution in [3.05, 3.63) is 163 Å². The number of benzene rings is 7. The van der Waals surface area contributed by atoms with E-state index in [-0.39, 0.29) is 0 Å². The Hall–Kier alpha value is -5.60. The van der Waals surface area contributed by atoms with Gasteiger partial charge in [0, 0.05) is 27.2 Å². The Balaban J connectivity index is 1.11. The lowest BCUT2D eigenvalue weighted by atomic mass is 9.94. The summed E-state index contributed by atoms with van der Waals surface area (Å²) in [6, 6.07) is 54.5. The first-order valence-electron chi connectivity index (χ1n) is 14.8. The highest BCUT2D eigenvalue weighted by Gasteiger charge is 2.15. The van der Waals surface area contributed by atoms with E-state index in [1.165, 1.54) is 71.3 Å². The van der Waals surface area contributed by atoms with E-state index in [0.29, 0.717) is 0 Å². The highest BCUT2D eigenvalue weighted by molar-refractivity contribution is 6.19. The summed E-state index contributed by atoms with van der Waals surface area (Å²) >= 11 is 0. The van der Waals surface area contributed by atoms with Crippen LogP contribution < -0.4 is 0 Å². The fourth-order valence-electron chi connectivity index (χ4n) is 6.85. The summed E-state index contributed by atoms with van der Waals surface area (Å²) in [7, 11) is 0. The van der Waals surface area contributed by atoms with E-state index in [1.54, 1.807) is 0 Å². The minimum Gasteiger partial charge on any atom is -0.456 e. The maximum atomic E-state index is 6.31. The van der Waals surface area contributed by atoms with Gasteiger partial charge in [0.25, 0.3) is 0 Å². The third-order valence-corrected chi connectivity index (χ3v) is 8.84. The van der Waals surface area contributed by atoms with E-state index < -0.39 is 0 Å². The molecule has 2 nitrogen and oxygen atoms in total. The van der Waals surface area contributed by atoms with Gasteiger partial charge >= 0.3 is 0 Å². The topological polar surface area (TPSA) is 18.1 Å². The van der Waals surface area contributed by atoms with Gasteiger partial charge in [0.2, 0.25) is 0 Å². The summed E-state index contributed by atoms with van der Waals surface area (Å²) in [4.78, 5) is 0. The van der Waals surface area contributed by atoms with E-state index >= 15 is 0 Å². The molecule has 0 aliphatic carbocycles. The zero-order valence-corrected chi connectivity index (χ0v) is 23.5. The first kappa shape index (κ1) is 24.0. The van der Waals surface area contributed by atoms with Gasteiger partial charge < -0.3 is 8.98 Å². The van der Waals surface area contributed by atoms with E-state index in [2.05, 4.69) is 150 Å². The van der Waals surface area contributed by atoms with Gasteiger partial charge in [-0.05, 0) is 81.9 Å². The molecule has 2 heterocycles. The largest absolute Gasteiger partial charge is 0.456 e. The standard InChI is InChI=1S/C41H27NO/c1-2-10-31(11-3-1)42-37-16-8-6-13-33(37)36-25-29(22-23-38(36)42)28-20-18-27(19-21-28)24-30-26-40-41(34-14-5-4-12-32(30)34)35-15-7-9-17-39(35)43-40/h1-23,25-26H,24H2. The molecule has 7 aromatic carbocycles. The predicted octanol–water partition coefficient (Wildman–Crippen LogP) is 11.1. The summed E-state index contributed by atoms with van der Waals surface area (Å²) in [6.07, 6.45) is 0.845. The van der Waals surface area contributed by atoms with Crippen molar-refractivity contribution in [3.63, 3.8) is 0 Å². The molecule has 0 radical (unpaired) electrons. The molecule has 0 aliphatic rings. The van der Waals surface area contributed by atoms with Crippen molar-refractivity contribution < 1.29 is 4.42 Å². The zero-order chi connectivity index (χ0) is 28.3. The minimum atomic E-state index is 0.845. The fourth-order valence-corrected chi connectivity index (χ4v) is 6.85. The number of furan rings is 1. The second-order valence-electron chi connectivity index (χ2n) is 11.3. The maximum absolute atomic E-state index is 6.31. The molecule has 2 heteroatoms. The Kier molecular flexibility index (Phi) is 5.30. The van der Waals surface area contributed by atoms with Crippen LogP contribution in [0.25, 0.3) is 71.3 Å². The van der Waals surface area contributed by atoms with Crippen LogP contribution in [0.15, 0.2) is 156 Å². The SMILES string of the molecule is c1ccc(-n2c3ccccc3c3cc(-c4ccc(Cc5cc6oc7ccccc7c6c6ccccc56)cc4)ccc32)cc1. The summed E-state index contributed by atoms with van der Waals surface area (Å²) in [6.45, 7) is 0. The van der Waals surface area contributed by atoms with Crippen LogP contribution in [0.1, 0.15) is 11.1 Å². The Morgan fingerprint density at radius 1 is 0.442 bits per heavy atom. The molecule has 0 saturated heterocycles. The summed E-state index contributed by atoms with van der Waals surface area (Å²) in [5.41, 5.74) is 10.5. The highest BCUT2D eigenvalue weighted by atomic mass is 16.3. The first-order chi connectivity index (χ1) is 21.3. The molecule has 0 saturated carbocycles. The van der Waals surface area contributed by atoms with Gasteiger partial charge in [0.15, 0.2) is 0 Å². The Bertz CT molecular complexity index is 2460. The monoisotopic (exact) mass is 549 g/mol. The summed E-state index contributed by atoms with van der Waals surface area (Å²) in [5, 5.41) is 7.45. The molecule has 202 valence electrons. The lowest BCUT2D eigenvalue weighted by Crippen LogP contribution is -1.93. The predicted molar refractivity (Wildman–Crippen MR) is 180 cm³/mol. The van der Waals surface area contributed by atoms with Crippen LogP contribution in [-0.4, -0.2) is 4.57 Å². The van der Waals surface area contributed by atoms with Crippen molar-refractivity contribution in [1.82, 2.24) is 4.57 Å². The number of aromatic nitrogens is 1. The second kappa shape index (κ2) is 9.47. The van der Waals surface area contributed by atoms with Crippen LogP contribution in [0, 0.1) is 0 Å². The molecule has 0 amide bonds. The average molecular weight is 550 g/mol. The smallest absolute Gasteiger partial charge is 0.136 e. The van der Waals surface area contributed by atoms with Crippen LogP contribution >= 0.6 is 0 Å². The molecular formula is C41H27NO. The van der Waals surface area contributed by atoms with Gasteiger partial charge in [-0.2, -0.15) is 0 Å². The normalized spacial score (nSPS) is 11.8. The molecular weight excluding hydrogens is 522 g/mol. The van der Waals surface area contributed by atoms with Gasteiger partial charge in [0.1, 0.15) is 11.2 Å². The number of fused-ring (bicyclic) bond motifs is 8. The van der Waals surface area contributed by atoms with E-state index in [0.717, 1.165) is 17.6 Å². The highest BCUT2D eigenvalue weighted by Crippen LogP contribution is 2.38.